The van der Waals surface area contributed by atoms with Crippen LogP contribution in [0.2, 0.25) is 0 Å². The zero-order valence-electron chi connectivity index (χ0n) is 16.9. The maximum absolute atomic E-state index is 12.1. The van der Waals surface area contributed by atoms with Crippen molar-refractivity contribution in [2.24, 2.45) is 0 Å². The lowest BCUT2D eigenvalue weighted by Crippen LogP contribution is -2.27. The largest absolute Gasteiger partial charge is 0.497 e. The van der Waals surface area contributed by atoms with Crippen molar-refractivity contribution in [3.8, 4) is 17.0 Å². The third-order valence-corrected chi connectivity index (χ3v) is 5.46. The molecule has 1 heterocycles. The smallest absolute Gasteiger partial charge is 0.230 e. The number of nitrogens with zero attached hydrogens (tertiary/aromatic N) is 2. The third-order valence-electron chi connectivity index (χ3n) is 4.54. The van der Waals surface area contributed by atoms with Gasteiger partial charge in [-0.1, -0.05) is 47.7 Å². The molecule has 0 unspecified atom stereocenters. The number of methoxy groups -OCH3 is 1. The number of carbonyl (C=O) groups is 1. The molecular weight excluding hydrogens is 382 g/mol. The van der Waals surface area contributed by atoms with E-state index in [1.165, 1.54) is 22.9 Å². The molecule has 1 aromatic heterocycles. The number of hydrogen-bond acceptors (Lipinski definition) is 5. The van der Waals surface area contributed by atoms with E-state index in [0.717, 1.165) is 34.0 Å². The third kappa shape index (κ3) is 6.06. The molecule has 0 atom stereocenters. The number of rotatable bonds is 8. The Balaban J connectivity index is 1.45. The Morgan fingerprint density at radius 1 is 1.03 bits per heavy atom. The second-order valence-corrected chi connectivity index (χ2v) is 7.81. The lowest BCUT2D eigenvalue weighted by molar-refractivity contribution is -0.118. The summed E-state index contributed by atoms with van der Waals surface area (Å²) >= 11 is 1.39. The van der Waals surface area contributed by atoms with Gasteiger partial charge < -0.3 is 10.1 Å². The van der Waals surface area contributed by atoms with E-state index >= 15 is 0 Å². The highest BCUT2D eigenvalue weighted by molar-refractivity contribution is 7.99. The number of benzene rings is 2. The number of nitrogens with one attached hydrogen (secondary N) is 1. The van der Waals surface area contributed by atoms with Crippen LogP contribution in [0.5, 0.6) is 5.75 Å². The first-order valence-electron chi connectivity index (χ1n) is 9.49. The number of aromatic nitrogens is 2. The van der Waals surface area contributed by atoms with Crippen molar-refractivity contribution in [3.63, 3.8) is 0 Å². The van der Waals surface area contributed by atoms with Gasteiger partial charge in [0.2, 0.25) is 5.91 Å². The van der Waals surface area contributed by atoms with Gasteiger partial charge >= 0.3 is 0 Å². The standard InChI is InChI=1S/C23H25N3O2S/c1-16-4-9-20(17(2)14-16)21-10-11-23(26-25-21)29-15-22(27)24-13-12-18-5-7-19(28-3)8-6-18/h4-11,14H,12-13,15H2,1-3H3,(H,24,27). The van der Waals surface area contributed by atoms with Crippen LogP contribution >= 0.6 is 11.8 Å². The van der Waals surface area contributed by atoms with E-state index < -0.39 is 0 Å². The lowest BCUT2D eigenvalue weighted by atomic mass is 10.0. The molecule has 2 aromatic carbocycles. The molecule has 6 heteroatoms. The zero-order valence-corrected chi connectivity index (χ0v) is 17.8. The maximum Gasteiger partial charge on any atom is 0.230 e. The molecule has 0 aliphatic rings. The Labute approximate surface area is 175 Å². The highest BCUT2D eigenvalue weighted by Crippen LogP contribution is 2.23. The van der Waals surface area contributed by atoms with Crippen molar-refractivity contribution in [1.29, 1.82) is 0 Å². The first kappa shape index (κ1) is 20.9. The quantitative estimate of drug-likeness (QED) is 0.567. The molecule has 0 bridgehead atoms. The molecule has 0 saturated carbocycles. The average Bonchev–Trinajstić information content (AvgIpc) is 2.73. The number of hydrogen-bond donors (Lipinski definition) is 1. The van der Waals surface area contributed by atoms with Crippen LogP contribution in [0.15, 0.2) is 59.6 Å². The normalized spacial score (nSPS) is 10.6. The first-order valence-corrected chi connectivity index (χ1v) is 10.5. The van der Waals surface area contributed by atoms with Crippen LogP contribution in [0, 0.1) is 13.8 Å². The second-order valence-electron chi connectivity index (χ2n) is 6.81. The Morgan fingerprint density at radius 2 is 1.83 bits per heavy atom. The van der Waals surface area contributed by atoms with Crippen LogP contribution < -0.4 is 10.1 Å². The van der Waals surface area contributed by atoms with E-state index in [-0.39, 0.29) is 5.91 Å². The minimum absolute atomic E-state index is 0.0104. The highest BCUT2D eigenvalue weighted by atomic mass is 32.2. The average molecular weight is 408 g/mol. The Kier molecular flexibility index (Phi) is 7.25. The van der Waals surface area contributed by atoms with Gasteiger partial charge in [-0.25, -0.2) is 0 Å². The highest BCUT2D eigenvalue weighted by Gasteiger charge is 2.07. The Hall–Kier alpha value is -2.86. The molecule has 29 heavy (non-hydrogen) atoms. The summed E-state index contributed by atoms with van der Waals surface area (Å²) in [6.45, 7) is 4.75. The molecule has 0 spiro atoms. The molecule has 5 nitrogen and oxygen atoms in total. The topological polar surface area (TPSA) is 64.1 Å². The van der Waals surface area contributed by atoms with Gasteiger partial charge in [-0.05, 0) is 55.7 Å². The molecule has 150 valence electrons. The molecular formula is C23H25N3O2S. The predicted molar refractivity (Wildman–Crippen MR) is 117 cm³/mol. The van der Waals surface area contributed by atoms with Crippen molar-refractivity contribution < 1.29 is 9.53 Å². The molecule has 1 amide bonds. The fraction of sp³-hybridized carbons (Fsp3) is 0.261. The van der Waals surface area contributed by atoms with E-state index in [1.807, 2.05) is 36.4 Å². The van der Waals surface area contributed by atoms with Gasteiger partial charge in [-0.3, -0.25) is 4.79 Å². The molecule has 0 aliphatic carbocycles. The Morgan fingerprint density at radius 3 is 2.48 bits per heavy atom. The van der Waals surface area contributed by atoms with Crippen molar-refractivity contribution in [2.75, 3.05) is 19.4 Å². The van der Waals surface area contributed by atoms with Crippen LogP contribution in [-0.2, 0) is 11.2 Å². The number of ether oxygens (including phenoxy) is 1. The second kappa shape index (κ2) is 10.1. The monoisotopic (exact) mass is 407 g/mol. The molecule has 3 aromatic rings. The van der Waals surface area contributed by atoms with Crippen LogP contribution in [0.1, 0.15) is 16.7 Å². The van der Waals surface area contributed by atoms with Gasteiger partial charge in [0, 0.05) is 12.1 Å². The number of carbonyl (C=O) groups excluding carboxylic acids is 1. The summed E-state index contributed by atoms with van der Waals surface area (Å²) in [5.74, 6) is 1.14. The Bertz CT molecular complexity index is 957. The van der Waals surface area contributed by atoms with E-state index in [1.54, 1.807) is 7.11 Å². The predicted octanol–water partition coefficient (Wildman–Crippen LogP) is 4.22. The summed E-state index contributed by atoms with van der Waals surface area (Å²) in [6, 6.07) is 18.0. The molecule has 1 N–H and O–H groups in total. The van der Waals surface area contributed by atoms with E-state index in [9.17, 15) is 4.79 Å². The van der Waals surface area contributed by atoms with Crippen molar-refractivity contribution in [2.45, 2.75) is 25.3 Å². The zero-order chi connectivity index (χ0) is 20.6. The SMILES string of the molecule is COc1ccc(CCNC(=O)CSc2ccc(-c3ccc(C)cc3C)nn2)cc1. The maximum atomic E-state index is 12.1. The van der Waals surface area contributed by atoms with Gasteiger partial charge in [0.05, 0.1) is 18.6 Å². The van der Waals surface area contributed by atoms with Gasteiger partial charge in [0.25, 0.3) is 0 Å². The summed E-state index contributed by atoms with van der Waals surface area (Å²) in [7, 11) is 1.65. The minimum Gasteiger partial charge on any atom is -0.497 e. The molecule has 0 saturated heterocycles. The van der Waals surface area contributed by atoms with E-state index in [4.69, 9.17) is 4.74 Å². The summed E-state index contributed by atoms with van der Waals surface area (Å²) in [4.78, 5) is 12.1. The summed E-state index contributed by atoms with van der Waals surface area (Å²) in [5.41, 5.74) is 5.48. The van der Waals surface area contributed by atoms with Crippen molar-refractivity contribution >= 4 is 17.7 Å². The van der Waals surface area contributed by atoms with E-state index in [2.05, 4.69) is 47.6 Å². The van der Waals surface area contributed by atoms with Crippen LogP contribution in [0.25, 0.3) is 11.3 Å². The number of amides is 1. The molecule has 0 aliphatic heterocycles. The van der Waals surface area contributed by atoms with E-state index in [0.29, 0.717) is 12.3 Å². The van der Waals surface area contributed by atoms with Crippen LogP contribution in [0.3, 0.4) is 0 Å². The molecule has 0 fully saturated rings. The fourth-order valence-electron chi connectivity index (χ4n) is 2.97. The summed E-state index contributed by atoms with van der Waals surface area (Å²) in [6.07, 6.45) is 0.783. The number of aryl methyl sites for hydroxylation is 2. The number of thioether (sulfide) groups is 1. The summed E-state index contributed by atoms with van der Waals surface area (Å²) in [5, 5.41) is 12.3. The van der Waals surface area contributed by atoms with Crippen molar-refractivity contribution in [1.82, 2.24) is 15.5 Å². The van der Waals surface area contributed by atoms with Gasteiger partial charge in [-0.15, -0.1) is 10.2 Å². The van der Waals surface area contributed by atoms with Crippen molar-refractivity contribution in [3.05, 3.63) is 71.3 Å². The first-order chi connectivity index (χ1) is 14.0. The lowest BCUT2D eigenvalue weighted by Gasteiger charge is -2.07. The molecule has 3 rings (SSSR count). The van der Waals surface area contributed by atoms with Gasteiger partial charge in [0.15, 0.2) is 0 Å². The minimum atomic E-state index is -0.0104. The van der Waals surface area contributed by atoms with Gasteiger partial charge in [-0.2, -0.15) is 0 Å². The van der Waals surface area contributed by atoms with Crippen LogP contribution in [0.4, 0.5) is 0 Å². The summed E-state index contributed by atoms with van der Waals surface area (Å²) < 4.78 is 5.15. The van der Waals surface area contributed by atoms with Crippen LogP contribution in [-0.4, -0.2) is 35.5 Å². The molecule has 0 radical (unpaired) electrons. The van der Waals surface area contributed by atoms with Gasteiger partial charge in [0.1, 0.15) is 10.8 Å². The fourth-order valence-corrected chi connectivity index (χ4v) is 3.61.